The van der Waals surface area contributed by atoms with Crippen LogP contribution in [0.25, 0.3) is 0 Å². The van der Waals surface area contributed by atoms with Crippen molar-refractivity contribution in [3.8, 4) is 0 Å². The minimum atomic E-state index is -0.123. The second kappa shape index (κ2) is 7.61. The molecular formula is C14H23N3O2S. The van der Waals surface area contributed by atoms with E-state index in [0.717, 1.165) is 19.5 Å². The molecule has 0 fully saturated rings. The van der Waals surface area contributed by atoms with Crippen molar-refractivity contribution >= 4 is 17.4 Å². The third kappa shape index (κ3) is 4.19. The summed E-state index contributed by atoms with van der Waals surface area (Å²) in [5.41, 5.74) is 1.44. The maximum Gasteiger partial charge on any atom is 0.314 e. The smallest absolute Gasteiger partial charge is 0.314 e. The lowest BCUT2D eigenvalue weighted by molar-refractivity contribution is 0.182. The summed E-state index contributed by atoms with van der Waals surface area (Å²) in [4.78, 5) is 15.5. The number of fused-ring (bicyclic) bond motifs is 1. The molecule has 0 radical (unpaired) electrons. The summed E-state index contributed by atoms with van der Waals surface area (Å²) >= 11 is 1.85. The zero-order valence-electron chi connectivity index (χ0n) is 12.1. The average molecular weight is 297 g/mol. The summed E-state index contributed by atoms with van der Waals surface area (Å²) in [5, 5.41) is 7.84. The highest BCUT2D eigenvalue weighted by molar-refractivity contribution is 7.10. The van der Waals surface area contributed by atoms with Crippen LogP contribution in [0, 0.1) is 0 Å². The number of nitrogens with zero attached hydrogens (tertiary/aromatic N) is 1. The van der Waals surface area contributed by atoms with Gasteiger partial charge < -0.3 is 15.4 Å². The second-order valence-corrected chi connectivity index (χ2v) is 6.07. The minimum absolute atomic E-state index is 0.123. The van der Waals surface area contributed by atoms with Gasteiger partial charge in [-0.3, -0.25) is 4.90 Å². The Morgan fingerprint density at radius 1 is 1.55 bits per heavy atom. The first-order valence-electron chi connectivity index (χ1n) is 7.00. The molecule has 1 atom stereocenters. The Hall–Kier alpha value is -1.11. The molecule has 2 amide bonds. The van der Waals surface area contributed by atoms with Crippen LogP contribution >= 0.6 is 11.3 Å². The monoisotopic (exact) mass is 297 g/mol. The Bertz CT molecular complexity index is 436. The van der Waals surface area contributed by atoms with Gasteiger partial charge in [-0.25, -0.2) is 4.79 Å². The van der Waals surface area contributed by atoms with E-state index in [9.17, 15) is 4.79 Å². The van der Waals surface area contributed by atoms with Crippen LogP contribution in [-0.4, -0.2) is 50.3 Å². The molecule has 0 unspecified atom stereocenters. The summed E-state index contributed by atoms with van der Waals surface area (Å²) in [7, 11) is 1.62. The van der Waals surface area contributed by atoms with Gasteiger partial charge in [0.1, 0.15) is 0 Å². The fourth-order valence-corrected chi connectivity index (χ4v) is 3.23. The summed E-state index contributed by atoms with van der Waals surface area (Å²) < 4.78 is 4.89. The fourth-order valence-electron chi connectivity index (χ4n) is 2.35. The molecular weight excluding hydrogens is 274 g/mol. The van der Waals surface area contributed by atoms with Crippen LogP contribution in [0.5, 0.6) is 0 Å². The SMILES string of the molecule is COCCNC(=O)NC[C@@H](C)N1CCc2sccc2C1. The van der Waals surface area contributed by atoms with Gasteiger partial charge in [0.05, 0.1) is 6.61 Å². The standard InChI is InChI=1S/C14H23N3O2S/c1-11(9-16-14(18)15-5-7-19-2)17-6-3-13-12(10-17)4-8-20-13/h4,8,11H,3,5-7,9-10H2,1-2H3,(H2,15,16,18)/t11-/m1/s1. The molecule has 0 aliphatic carbocycles. The number of thiophene rings is 1. The van der Waals surface area contributed by atoms with Gasteiger partial charge >= 0.3 is 6.03 Å². The van der Waals surface area contributed by atoms with Crippen molar-refractivity contribution in [3.63, 3.8) is 0 Å². The van der Waals surface area contributed by atoms with E-state index in [0.29, 0.717) is 25.7 Å². The van der Waals surface area contributed by atoms with E-state index in [4.69, 9.17) is 4.74 Å². The number of carbonyl (C=O) groups excluding carboxylic acids is 1. The molecule has 1 aliphatic heterocycles. The average Bonchev–Trinajstić information content (AvgIpc) is 2.92. The molecule has 2 rings (SSSR count). The van der Waals surface area contributed by atoms with E-state index in [1.165, 1.54) is 10.4 Å². The predicted octanol–water partition coefficient (Wildman–Crippen LogP) is 1.44. The van der Waals surface area contributed by atoms with Crippen LogP contribution in [0.4, 0.5) is 4.79 Å². The van der Waals surface area contributed by atoms with Gasteiger partial charge in [-0.15, -0.1) is 11.3 Å². The number of urea groups is 1. The molecule has 112 valence electrons. The minimum Gasteiger partial charge on any atom is -0.383 e. The number of nitrogens with one attached hydrogen (secondary N) is 2. The van der Waals surface area contributed by atoms with Crippen LogP contribution < -0.4 is 10.6 Å². The molecule has 0 saturated carbocycles. The molecule has 0 saturated heterocycles. The molecule has 1 aromatic rings. The molecule has 1 aliphatic rings. The van der Waals surface area contributed by atoms with E-state index < -0.39 is 0 Å². The van der Waals surface area contributed by atoms with Gasteiger partial charge in [0.25, 0.3) is 0 Å². The second-order valence-electron chi connectivity index (χ2n) is 5.07. The summed E-state index contributed by atoms with van der Waals surface area (Å²) in [5.74, 6) is 0. The van der Waals surface area contributed by atoms with Crippen LogP contribution in [-0.2, 0) is 17.7 Å². The zero-order chi connectivity index (χ0) is 14.4. The lowest BCUT2D eigenvalue weighted by Crippen LogP contribution is -2.46. The maximum absolute atomic E-state index is 11.6. The summed E-state index contributed by atoms with van der Waals surface area (Å²) in [6.45, 7) is 5.97. The molecule has 2 heterocycles. The third-order valence-corrected chi connectivity index (χ3v) is 4.63. The van der Waals surface area contributed by atoms with E-state index in [2.05, 4.69) is 33.9 Å². The quantitative estimate of drug-likeness (QED) is 0.781. The van der Waals surface area contributed by atoms with Crippen LogP contribution in [0.1, 0.15) is 17.4 Å². The summed E-state index contributed by atoms with van der Waals surface area (Å²) in [6.07, 6.45) is 1.12. The predicted molar refractivity (Wildman–Crippen MR) is 81.2 cm³/mol. The third-order valence-electron chi connectivity index (χ3n) is 3.61. The van der Waals surface area contributed by atoms with E-state index >= 15 is 0 Å². The highest BCUT2D eigenvalue weighted by atomic mass is 32.1. The van der Waals surface area contributed by atoms with E-state index in [-0.39, 0.29) is 6.03 Å². The number of ether oxygens (including phenoxy) is 1. The summed E-state index contributed by atoms with van der Waals surface area (Å²) in [6, 6.07) is 2.43. The number of rotatable bonds is 6. The molecule has 6 heteroatoms. The molecule has 0 bridgehead atoms. The zero-order valence-corrected chi connectivity index (χ0v) is 13.0. The molecule has 0 spiro atoms. The molecule has 0 aromatic carbocycles. The Balaban J connectivity index is 1.70. The van der Waals surface area contributed by atoms with E-state index in [1.807, 2.05) is 11.3 Å². The lowest BCUT2D eigenvalue weighted by Gasteiger charge is -2.32. The van der Waals surface area contributed by atoms with Crippen molar-refractivity contribution in [3.05, 3.63) is 21.9 Å². The van der Waals surface area contributed by atoms with Crippen LogP contribution in [0.15, 0.2) is 11.4 Å². The highest BCUT2D eigenvalue weighted by Gasteiger charge is 2.21. The Morgan fingerprint density at radius 2 is 2.40 bits per heavy atom. The topological polar surface area (TPSA) is 53.6 Å². The van der Waals surface area contributed by atoms with Gasteiger partial charge in [-0.05, 0) is 30.4 Å². The Kier molecular flexibility index (Phi) is 5.82. The van der Waals surface area contributed by atoms with E-state index in [1.54, 1.807) is 7.11 Å². The Morgan fingerprint density at radius 3 is 3.20 bits per heavy atom. The van der Waals surface area contributed by atoms with Crippen LogP contribution in [0.2, 0.25) is 0 Å². The number of amides is 2. The highest BCUT2D eigenvalue weighted by Crippen LogP contribution is 2.24. The van der Waals surface area contributed by atoms with Crippen molar-refractivity contribution in [1.82, 2.24) is 15.5 Å². The van der Waals surface area contributed by atoms with Gasteiger partial charge in [0, 0.05) is 44.2 Å². The molecule has 1 aromatic heterocycles. The first-order valence-corrected chi connectivity index (χ1v) is 7.88. The normalized spacial score (nSPS) is 16.5. The first kappa shape index (κ1) is 15.3. The Labute approximate surface area is 124 Å². The van der Waals surface area contributed by atoms with Gasteiger partial charge in [0.15, 0.2) is 0 Å². The van der Waals surface area contributed by atoms with Gasteiger partial charge in [0.2, 0.25) is 0 Å². The largest absolute Gasteiger partial charge is 0.383 e. The van der Waals surface area contributed by atoms with Crippen molar-refractivity contribution < 1.29 is 9.53 Å². The number of carbonyl (C=O) groups is 1. The lowest BCUT2D eigenvalue weighted by atomic mass is 10.1. The first-order chi connectivity index (χ1) is 9.70. The van der Waals surface area contributed by atoms with Crippen molar-refractivity contribution in [2.75, 3.05) is 33.4 Å². The van der Waals surface area contributed by atoms with Crippen molar-refractivity contribution in [2.45, 2.75) is 25.9 Å². The molecule has 20 heavy (non-hydrogen) atoms. The maximum atomic E-state index is 11.6. The fraction of sp³-hybridized carbons (Fsp3) is 0.643. The number of methoxy groups -OCH3 is 1. The van der Waals surface area contributed by atoms with Gasteiger partial charge in [-0.2, -0.15) is 0 Å². The van der Waals surface area contributed by atoms with Crippen molar-refractivity contribution in [2.24, 2.45) is 0 Å². The molecule has 5 nitrogen and oxygen atoms in total. The van der Waals surface area contributed by atoms with Crippen LogP contribution in [0.3, 0.4) is 0 Å². The number of hydrogen-bond donors (Lipinski definition) is 2. The molecule has 2 N–H and O–H groups in total. The van der Waals surface area contributed by atoms with Gasteiger partial charge in [-0.1, -0.05) is 0 Å². The van der Waals surface area contributed by atoms with Crippen molar-refractivity contribution in [1.29, 1.82) is 0 Å². The number of hydrogen-bond acceptors (Lipinski definition) is 4.